The van der Waals surface area contributed by atoms with E-state index in [2.05, 4.69) is 6.92 Å². The maximum Gasteiger partial charge on any atom is 0.329 e. The summed E-state index contributed by atoms with van der Waals surface area (Å²) >= 11 is 0. The van der Waals surface area contributed by atoms with Gasteiger partial charge in [-0.05, 0) is 49.3 Å². The highest BCUT2D eigenvalue weighted by Crippen LogP contribution is 2.23. The van der Waals surface area contributed by atoms with Crippen LogP contribution in [0.5, 0.6) is 5.75 Å². The quantitative estimate of drug-likeness (QED) is 0.524. The zero-order valence-corrected chi connectivity index (χ0v) is 21.1. The summed E-state index contributed by atoms with van der Waals surface area (Å²) in [6.07, 6.45) is 6.35. The molecule has 1 aliphatic rings. The van der Waals surface area contributed by atoms with Crippen molar-refractivity contribution < 1.29 is 29.3 Å². The van der Waals surface area contributed by atoms with Crippen LogP contribution >= 0.6 is 0 Å². The van der Waals surface area contributed by atoms with Gasteiger partial charge in [0.15, 0.2) is 0 Å². The normalized spacial score (nSPS) is 23.9. The number of likely N-dealkylation sites (N-methyl/N-ethyl adjacent to an activating group) is 1. The zero-order valence-electron chi connectivity index (χ0n) is 21.1. The molecule has 0 bridgehead atoms. The molecule has 0 spiro atoms. The van der Waals surface area contributed by atoms with Gasteiger partial charge in [-0.3, -0.25) is 4.79 Å². The lowest BCUT2D eigenvalue weighted by Gasteiger charge is -2.29. The number of nitrogens with zero attached hydrogens (tertiary/aromatic N) is 1. The van der Waals surface area contributed by atoms with Gasteiger partial charge in [-0.25, -0.2) is 4.79 Å². The number of amides is 1. The summed E-state index contributed by atoms with van der Waals surface area (Å²) in [4.78, 5) is 27.8. The van der Waals surface area contributed by atoms with E-state index in [1.807, 2.05) is 19.1 Å². The molecule has 1 heterocycles. The highest BCUT2D eigenvalue weighted by molar-refractivity contribution is 5.84. The van der Waals surface area contributed by atoms with E-state index in [1.54, 1.807) is 19.2 Å². The van der Waals surface area contributed by atoms with Gasteiger partial charge < -0.3 is 24.6 Å². The molecule has 0 saturated carbocycles. The van der Waals surface area contributed by atoms with Gasteiger partial charge in [0.05, 0.1) is 12.7 Å². The molecule has 1 aromatic carbocycles. The highest BCUT2D eigenvalue weighted by atomic mass is 16.5. The van der Waals surface area contributed by atoms with Gasteiger partial charge in [-0.1, -0.05) is 45.2 Å². The fourth-order valence-electron chi connectivity index (χ4n) is 4.44. The maximum absolute atomic E-state index is 13.4. The van der Waals surface area contributed by atoms with Crippen LogP contribution in [-0.4, -0.2) is 65.5 Å². The van der Waals surface area contributed by atoms with Crippen molar-refractivity contribution in [1.29, 1.82) is 0 Å². The summed E-state index contributed by atoms with van der Waals surface area (Å²) < 4.78 is 11.4. The number of hydrogen-bond acceptors (Lipinski definition) is 6. The Morgan fingerprint density at radius 2 is 1.88 bits per heavy atom. The van der Waals surface area contributed by atoms with Crippen LogP contribution in [0.4, 0.5) is 0 Å². The molecule has 34 heavy (non-hydrogen) atoms. The third kappa shape index (κ3) is 9.63. The van der Waals surface area contributed by atoms with E-state index in [0.717, 1.165) is 44.1 Å². The number of ether oxygens (including phenoxy) is 2. The average Bonchev–Trinajstić information content (AvgIpc) is 2.82. The summed E-state index contributed by atoms with van der Waals surface area (Å²) in [6, 6.07) is 6.58. The molecule has 1 aliphatic heterocycles. The third-order valence-electron chi connectivity index (χ3n) is 6.60. The van der Waals surface area contributed by atoms with Gasteiger partial charge in [0.25, 0.3) is 0 Å². The lowest BCUT2D eigenvalue weighted by Crippen LogP contribution is -2.46. The van der Waals surface area contributed by atoms with E-state index in [1.165, 1.54) is 4.90 Å². The summed E-state index contributed by atoms with van der Waals surface area (Å²) in [7, 11) is 1.68. The number of cyclic esters (lactones) is 1. The molecule has 1 saturated heterocycles. The lowest BCUT2D eigenvalue weighted by atomic mass is 9.94. The summed E-state index contributed by atoms with van der Waals surface area (Å²) in [5, 5.41) is 19.3. The summed E-state index contributed by atoms with van der Waals surface area (Å²) in [5.41, 5.74) is 0.887. The van der Waals surface area contributed by atoms with Crippen LogP contribution in [0.15, 0.2) is 24.3 Å². The topological polar surface area (TPSA) is 96.3 Å². The second-order valence-corrected chi connectivity index (χ2v) is 9.61. The number of aliphatic hydroxyl groups excluding tert-OH is 2. The number of benzene rings is 1. The van der Waals surface area contributed by atoms with Crippen molar-refractivity contribution in [2.45, 2.75) is 96.3 Å². The van der Waals surface area contributed by atoms with Crippen LogP contribution in [0.2, 0.25) is 0 Å². The first-order valence-corrected chi connectivity index (χ1v) is 12.8. The van der Waals surface area contributed by atoms with Crippen LogP contribution in [-0.2, 0) is 20.7 Å². The standard InChI is InChI=1S/C27H43NO6/c1-4-7-22(30)19-24-13-10-20(2)8-5-6-9-26(31)28(3)25(27(32)34-24)18-21-11-14-23(15-12-21)33-17-16-29/h11-12,14-15,20,22,24-25,29-30H,4-10,13,16-19H2,1-3H3/t20-,22+,24+,25-/m1/s1. The molecule has 0 aliphatic carbocycles. The minimum Gasteiger partial charge on any atom is -0.491 e. The average molecular weight is 478 g/mol. The van der Waals surface area contributed by atoms with Gasteiger partial charge in [0, 0.05) is 26.3 Å². The highest BCUT2D eigenvalue weighted by Gasteiger charge is 2.31. The number of carbonyl (C=O) groups excluding carboxylic acids is 2. The van der Waals surface area contributed by atoms with Crippen LogP contribution in [0.25, 0.3) is 0 Å². The molecule has 1 fully saturated rings. The molecule has 0 aromatic heterocycles. The monoisotopic (exact) mass is 477 g/mol. The molecule has 0 radical (unpaired) electrons. The van der Waals surface area contributed by atoms with Crippen molar-refractivity contribution in [3.05, 3.63) is 29.8 Å². The van der Waals surface area contributed by atoms with Crippen molar-refractivity contribution in [2.24, 2.45) is 5.92 Å². The van der Waals surface area contributed by atoms with E-state index in [9.17, 15) is 14.7 Å². The number of rotatable bonds is 9. The van der Waals surface area contributed by atoms with Gasteiger partial charge in [0.1, 0.15) is 24.5 Å². The van der Waals surface area contributed by atoms with E-state index in [4.69, 9.17) is 14.6 Å². The Balaban J connectivity index is 2.21. The van der Waals surface area contributed by atoms with Crippen molar-refractivity contribution in [3.8, 4) is 5.75 Å². The largest absolute Gasteiger partial charge is 0.491 e. The summed E-state index contributed by atoms with van der Waals surface area (Å²) in [6.45, 7) is 4.38. The molecule has 1 amide bonds. The fraction of sp³-hybridized carbons (Fsp3) is 0.704. The number of aliphatic hydroxyl groups is 2. The second-order valence-electron chi connectivity index (χ2n) is 9.61. The Labute approximate surface area is 204 Å². The molecule has 192 valence electrons. The maximum atomic E-state index is 13.4. The molecule has 2 N–H and O–H groups in total. The van der Waals surface area contributed by atoms with E-state index in [-0.39, 0.29) is 25.2 Å². The van der Waals surface area contributed by atoms with Gasteiger partial charge in [-0.15, -0.1) is 0 Å². The van der Waals surface area contributed by atoms with Crippen molar-refractivity contribution in [2.75, 3.05) is 20.3 Å². The predicted octanol–water partition coefficient (Wildman–Crippen LogP) is 3.88. The first-order valence-electron chi connectivity index (χ1n) is 12.8. The van der Waals surface area contributed by atoms with Crippen LogP contribution < -0.4 is 4.74 Å². The second kappa shape index (κ2) is 15.0. The molecule has 1 aromatic rings. The Bertz CT molecular complexity index is 737. The number of carbonyl (C=O) groups is 2. The minimum absolute atomic E-state index is 0.0562. The Kier molecular flexibility index (Phi) is 12.4. The number of hydrogen-bond donors (Lipinski definition) is 2. The SMILES string of the molecule is CCC[C@H](O)C[C@@H]1CC[C@H](C)CCCCC(=O)N(C)[C@H](Cc2ccc(OCCO)cc2)C(=O)O1. The summed E-state index contributed by atoms with van der Waals surface area (Å²) in [5.74, 6) is 0.649. The fourth-order valence-corrected chi connectivity index (χ4v) is 4.44. The van der Waals surface area contributed by atoms with Crippen molar-refractivity contribution >= 4 is 11.9 Å². The molecule has 7 heteroatoms. The van der Waals surface area contributed by atoms with Crippen molar-refractivity contribution in [3.63, 3.8) is 0 Å². The van der Waals surface area contributed by atoms with Gasteiger partial charge >= 0.3 is 5.97 Å². The van der Waals surface area contributed by atoms with Crippen LogP contribution in [0.3, 0.4) is 0 Å². The van der Waals surface area contributed by atoms with Crippen LogP contribution in [0.1, 0.15) is 77.2 Å². The number of esters is 1. The van der Waals surface area contributed by atoms with E-state index in [0.29, 0.717) is 37.4 Å². The zero-order chi connectivity index (χ0) is 24.9. The van der Waals surface area contributed by atoms with Gasteiger partial charge in [-0.2, -0.15) is 0 Å². The molecular formula is C27H43NO6. The molecule has 7 nitrogen and oxygen atoms in total. The Morgan fingerprint density at radius 3 is 2.56 bits per heavy atom. The van der Waals surface area contributed by atoms with Crippen molar-refractivity contribution in [1.82, 2.24) is 4.90 Å². The smallest absolute Gasteiger partial charge is 0.329 e. The van der Waals surface area contributed by atoms with E-state index >= 15 is 0 Å². The molecule has 0 unspecified atom stereocenters. The minimum atomic E-state index is -0.735. The molecule has 4 atom stereocenters. The molecular weight excluding hydrogens is 434 g/mol. The lowest BCUT2D eigenvalue weighted by molar-refractivity contribution is -0.160. The molecule has 2 rings (SSSR count). The van der Waals surface area contributed by atoms with Crippen LogP contribution in [0, 0.1) is 5.92 Å². The van der Waals surface area contributed by atoms with E-state index < -0.39 is 18.1 Å². The first-order chi connectivity index (χ1) is 16.3. The first kappa shape index (κ1) is 28.1. The van der Waals surface area contributed by atoms with Gasteiger partial charge in [0.2, 0.25) is 5.91 Å². The Morgan fingerprint density at radius 1 is 1.15 bits per heavy atom. The predicted molar refractivity (Wildman–Crippen MR) is 132 cm³/mol. The Hall–Kier alpha value is -2.12. The third-order valence-corrected chi connectivity index (χ3v) is 6.60.